The Balaban J connectivity index is 2.32. The predicted octanol–water partition coefficient (Wildman–Crippen LogP) is 3.04. The summed E-state index contributed by atoms with van der Waals surface area (Å²) in [5, 5.41) is 2.26. The lowest BCUT2D eigenvalue weighted by atomic mass is 10.2. The van der Waals surface area contributed by atoms with Crippen molar-refractivity contribution in [3.05, 3.63) is 48.8 Å². The Hall–Kier alpha value is -1.74. The number of benzene rings is 1. The molecule has 0 aliphatic rings. The summed E-state index contributed by atoms with van der Waals surface area (Å²) >= 11 is 5.74. The van der Waals surface area contributed by atoms with Gasteiger partial charge < -0.3 is 9.88 Å². The van der Waals surface area contributed by atoms with Crippen molar-refractivity contribution in [1.82, 2.24) is 4.57 Å². The molecule has 3 nitrogen and oxygen atoms in total. The molecule has 0 saturated carbocycles. The van der Waals surface area contributed by atoms with Gasteiger partial charge in [0.25, 0.3) is 0 Å². The van der Waals surface area contributed by atoms with Crippen LogP contribution in [0.4, 0.5) is 5.69 Å². The van der Waals surface area contributed by atoms with Gasteiger partial charge in [-0.15, -0.1) is 11.6 Å². The first kappa shape index (κ1) is 11.7. The maximum atomic E-state index is 11.6. The van der Waals surface area contributed by atoms with E-state index >= 15 is 0 Å². The zero-order valence-corrected chi connectivity index (χ0v) is 10.2. The van der Waals surface area contributed by atoms with Crippen molar-refractivity contribution in [2.75, 3.05) is 5.32 Å². The summed E-state index contributed by atoms with van der Waals surface area (Å²) in [6.07, 6.45) is 3.85. The average molecular weight is 249 g/mol. The van der Waals surface area contributed by atoms with Gasteiger partial charge in [-0.05, 0) is 31.2 Å². The lowest BCUT2D eigenvalue weighted by molar-refractivity contribution is -0.115. The van der Waals surface area contributed by atoms with Crippen molar-refractivity contribution in [2.24, 2.45) is 0 Å². The molecule has 0 fully saturated rings. The molecule has 17 heavy (non-hydrogen) atoms. The largest absolute Gasteiger partial charge is 0.323 e. The van der Waals surface area contributed by atoms with Gasteiger partial charge >= 0.3 is 0 Å². The topological polar surface area (TPSA) is 34.0 Å². The average Bonchev–Trinajstić information content (AvgIpc) is 2.83. The minimum atomic E-state index is -0.548. The molecular formula is C13H13ClN2O. The van der Waals surface area contributed by atoms with Gasteiger partial charge in [0.05, 0.1) is 11.4 Å². The van der Waals surface area contributed by atoms with E-state index in [4.69, 9.17) is 11.6 Å². The summed E-state index contributed by atoms with van der Waals surface area (Å²) in [4.78, 5) is 11.6. The van der Waals surface area contributed by atoms with Crippen LogP contribution in [0.5, 0.6) is 0 Å². The predicted molar refractivity (Wildman–Crippen MR) is 69.7 cm³/mol. The third-order valence-electron chi connectivity index (χ3n) is 2.41. The molecule has 0 radical (unpaired) electrons. The van der Waals surface area contributed by atoms with Crippen molar-refractivity contribution >= 4 is 23.2 Å². The van der Waals surface area contributed by atoms with E-state index in [-0.39, 0.29) is 5.91 Å². The standard InChI is InChI=1S/C13H13ClN2O/c1-10(14)13(17)15-11-6-2-3-7-12(11)16-8-4-5-9-16/h2-10H,1H3,(H,15,17). The highest BCUT2D eigenvalue weighted by molar-refractivity contribution is 6.32. The van der Waals surface area contributed by atoms with E-state index in [0.29, 0.717) is 0 Å². The Kier molecular flexibility index (Phi) is 3.49. The van der Waals surface area contributed by atoms with Crippen LogP contribution >= 0.6 is 11.6 Å². The first-order chi connectivity index (χ1) is 8.18. The number of alkyl halides is 1. The molecule has 1 aromatic heterocycles. The van der Waals surface area contributed by atoms with Gasteiger partial charge in [0, 0.05) is 12.4 Å². The Bertz CT molecular complexity index is 506. The molecule has 1 heterocycles. The van der Waals surface area contributed by atoms with Crippen LogP contribution in [0, 0.1) is 0 Å². The van der Waals surface area contributed by atoms with E-state index in [2.05, 4.69) is 5.32 Å². The third-order valence-corrected chi connectivity index (χ3v) is 2.60. The van der Waals surface area contributed by atoms with E-state index < -0.39 is 5.38 Å². The highest BCUT2D eigenvalue weighted by atomic mass is 35.5. The van der Waals surface area contributed by atoms with E-state index in [1.165, 1.54) is 0 Å². The second-order valence-corrected chi connectivity index (χ2v) is 4.37. The van der Waals surface area contributed by atoms with Crippen LogP contribution in [-0.4, -0.2) is 15.9 Å². The SMILES string of the molecule is CC(Cl)C(=O)Nc1ccccc1-n1cccc1. The van der Waals surface area contributed by atoms with Crippen molar-refractivity contribution < 1.29 is 4.79 Å². The Morgan fingerprint density at radius 1 is 1.24 bits per heavy atom. The van der Waals surface area contributed by atoms with Gasteiger partial charge in [0.15, 0.2) is 0 Å². The molecule has 1 amide bonds. The number of carbonyl (C=O) groups excluding carboxylic acids is 1. The minimum Gasteiger partial charge on any atom is -0.323 e. The van der Waals surface area contributed by atoms with Crippen molar-refractivity contribution in [2.45, 2.75) is 12.3 Å². The summed E-state index contributed by atoms with van der Waals surface area (Å²) < 4.78 is 1.94. The van der Waals surface area contributed by atoms with E-state index in [0.717, 1.165) is 11.4 Å². The number of aromatic nitrogens is 1. The lowest BCUT2D eigenvalue weighted by Crippen LogP contribution is -2.21. The molecule has 2 aromatic rings. The smallest absolute Gasteiger partial charge is 0.242 e. The summed E-state index contributed by atoms with van der Waals surface area (Å²) in [7, 11) is 0. The van der Waals surface area contributed by atoms with Crippen LogP contribution in [0.1, 0.15) is 6.92 Å². The van der Waals surface area contributed by atoms with E-state index in [1.54, 1.807) is 6.92 Å². The molecule has 1 N–H and O–H groups in total. The van der Waals surface area contributed by atoms with Crippen LogP contribution in [-0.2, 0) is 4.79 Å². The zero-order chi connectivity index (χ0) is 12.3. The van der Waals surface area contributed by atoms with Crippen LogP contribution in [0.3, 0.4) is 0 Å². The van der Waals surface area contributed by atoms with Gasteiger partial charge in [-0.1, -0.05) is 12.1 Å². The molecule has 1 aromatic carbocycles. The second-order valence-electron chi connectivity index (χ2n) is 3.71. The molecule has 88 valence electrons. The zero-order valence-electron chi connectivity index (χ0n) is 9.43. The van der Waals surface area contributed by atoms with Gasteiger partial charge in [0.1, 0.15) is 5.38 Å². The van der Waals surface area contributed by atoms with E-state index in [1.807, 2.05) is 53.4 Å². The summed E-state index contributed by atoms with van der Waals surface area (Å²) in [5.41, 5.74) is 1.67. The summed E-state index contributed by atoms with van der Waals surface area (Å²) in [6, 6.07) is 11.5. The molecule has 0 aliphatic carbocycles. The molecule has 0 aliphatic heterocycles. The third kappa shape index (κ3) is 2.68. The van der Waals surface area contributed by atoms with Gasteiger partial charge in [-0.2, -0.15) is 0 Å². The number of para-hydroxylation sites is 2. The molecule has 0 bridgehead atoms. The van der Waals surface area contributed by atoms with Crippen molar-refractivity contribution in [3.63, 3.8) is 0 Å². The molecular weight excluding hydrogens is 236 g/mol. The lowest BCUT2D eigenvalue weighted by Gasteiger charge is -2.12. The molecule has 2 rings (SSSR count). The monoisotopic (exact) mass is 248 g/mol. The van der Waals surface area contributed by atoms with Crippen LogP contribution in [0.15, 0.2) is 48.8 Å². The first-order valence-corrected chi connectivity index (χ1v) is 5.79. The number of amides is 1. The fraction of sp³-hybridized carbons (Fsp3) is 0.154. The number of halogens is 1. The fourth-order valence-corrected chi connectivity index (χ4v) is 1.59. The number of hydrogen-bond donors (Lipinski definition) is 1. The first-order valence-electron chi connectivity index (χ1n) is 5.36. The Morgan fingerprint density at radius 3 is 2.53 bits per heavy atom. The van der Waals surface area contributed by atoms with Crippen LogP contribution in [0.2, 0.25) is 0 Å². The molecule has 4 heteroatoms. The maximum absolute atomic E-state index is 11.6. The number of nitrogens with one attached hydrogen (secondary N) is 1. The minimum absolute atomic E-state index is 0.203. The quantitative estimate of drug-likeness (QED) is 0.833. The molecule has 1 atom stereocenters. The van der Waals surface area contributed by atoms with E-state index in [9.17, 15) is 4.79 Å². The summed E-state index contributed by atoms with van der Waals surface area (Å²) in [5.74, 6) is -0.203. The van der Waals surface area contributed by atoms with Gasteiger partial charge in [0.2, 0.25) is 5.91 Å². The van der Waals surface area contributed by atoms with Crippen LogP contribution in [0.25, 0.3) is 5.69 Å². The maximum Gasteiger partial charge on any atom is 0.242 e. The Labute approximate surface area is 105 Å². The van der Waals surface area contributed by atoms with Crippen molar-refractivity contribution in [1.29, 1.82) is 0 Å². The second kappa shape index (κ2) is 5.06. The number of hydrogen-bond acceptors (Lipinski definition) is 1. The van der Waals surface area contributed by atoms with Crippen molar-refractivity contribution in [3.8, 4) is 5.69 Å². The molecule has 0 saturated heterocycles. The van der Waals surface area contributed by atoms with Crippen LogP contribution < -0.4 is 5.32 Å². The number of anilines is 1. The number of nitrogens with zero attached hydrogens (tertiary/aromatic N) is 1. The number of carbonyl (C=O) groups is 1. The number of rotatable bonds is 3. The highest BCUT2D eigenvalue weighted by Crippen LogP contribution is 2.20. The van der Waals surface area contributed by atoms with Gasteiger partial charge in [-0.3, -0.25) is 4.79 Å². The van der Waals surface area contributed by atoms with Gasteiger partial charge in [-0.25, -0.2) is 0 Å². The highest BCUT2D eigenvalue weighted by Gasteiger charge is 2.11. The Morgan fingerprint density at radius 2 is 1.88 bits per heavy atom. The molecule has 1 unspecified atom stereocenters. The normalized spacial score (nSPS) is 12.1. The fourth-order valence-electron chi connectivity index (χ4n) is 1.53. The summed E-state index contributed by atoms with van der Waals surface area (Å²) in [6.45, 7) is 1.65. The molecule has 0 spiro atoms.